The van der Waals surface area contributed by atoms with E-state index >= 15 is 0 Å². The Balaban J connectivity index is 1.69. The van der Waals surface area contributed by atoms with E-state index in [9.17, 15) is 10.0 Å². The van der Waals surface area contributed by atoms with Crippen LogP contribution in [0.4, 0.5) is 0 Å². The van der Waals surface area contributed by atoms with Crippen molar-refractivity contribution in [3.63, 3.8) is 0 Å². The largest absolute Gasteiger partial charge is 0.488 e. The van der Waals surface area contributed by atoms with Crippen molar-refractivity contribution in [1.29, 1.82) is 0 Å². The maximum Gasteiger partial charge on any atom is 0.488 e. The molecule has 1 aromatic heterocycles. The number of para-hydroxylation sites is 1. The van der Waals surface area contributed by atoms with E-state index in [4.69, 9.17) is 15.7 Å². The molecule has 1 unspecified atom stereocenters. The van der Waals surface area contributed by atoms with E-state index in [2.05, 4.69) is 4.57 Å². The predicted octanol–water partition coefficient (Wildman–Crippen LogP) is 3.85. The van der Waals surface area contributed by atoms with E-state index in [0.29, 0.717) is 11.3 Å². The lowest BCUT2D eigenvalue weighted by Gasteiger charge is -2.12. The molecule has 0 aliphatic heterocycles. The number of hydrogen-bond donors (Lipinski definition) is 3. The number of benzene rings is 4. The minimum atomic E-state index is -1.53. The monoisotopic (exact) mass is 460 g/mol. The standard InChI is InChI=1S/C28H25BN4O2/c1-19(31-28(21-12-6-3-7-13-21)32-27(30)20-10-4-2-5-11-20)33-25-15-9-8-14-23(25)24-18-22(29(34)35)16-17-26(24)33/h2-18,27,34-35H,30H2,1H3/b31-19+,32-28-. The Morgan fingerprint density at radius 3 is 2.14 bits per heavy atom. The van der Waals surface area contributed by atoms with Crippen LogP contribution in [0.3, 0.4) is 0 Å². The summed E-state index contributed by atoms with van der Waals surface area (Å²) in [5.74, 6) is 1.25. The summed E-state index contributed by atoms with van der Waals surface area (Å²) in [6.07, 6.45) is -0.560. The van der Waals surface area contributed by atoms with Crippen molar-refractivity contribution in [1.82, 2.24) is 4.57 Å². The maximum atomic E-state index is 9.69. The van der Waals surface area contributed by atoms with Gasteiger partial charge in [0.2, 0.25) is 0 Å². The van der Waals surface area contributed by atoms with Gasteiger partial charge in [-0.2, -0.15) is 0 Å². The number of amidine groups is 1. The van der Waals surface area contributed by atoms with Gasteiger partial charge in [0, 0.05) is 16.3 Å². The van der Waals surface area contributed by atoms with Gasteiger partial charge >= 0.3 is 7.12 Å². The van der Waals surface area contributed by atoms with E-state index in [1.54, 1.807) is 6.07 Å². The molecule has 0 saturated heterocycles. The van der Waals surface area contributed by atoms with Gasteiger partial charge in [-0.05, 0) is 30.1 Å². The Hall–Kier alpha value is -4.04. The quantitative estimate of drug-likeness (QED) is 0.216. The molecule has 1 atom stereocenters. The number of aromatic nitrogens is 1. The molecule has 1 heterocycles. The van der Waals surface area contributed by atoms with Crippen molar-refractivity contribution in [2.45, 2.75) is 13.1 Å². The van der Waals surface area contributed by atoms with Crippen LogP contribution >= 0.6 is 0 Å². The highest BCUT2D eigenvalue weighted by Crippen LogP contribution is 2.28. The molecule has 172 valence electrons. The Morgan fingerprint density at radius 1 is 0.800 bits per heavy atom. The highest BCUT2D eigenvalue weighted by molar-refractivity contribution is 6.59. The smallest absolute Gasteiger partial charge is 0.423 e. The molecule has 6 nitrogen and oxygen atoms in total. The molecule has 0 fully saturated rings. The molecular formula is C28H25BN4O2. The van der Waals surface area contributed by atoms with Crippen LogP contribution in [0.25, 0.3) is 21.8 Å². The average molecular weight is 460 g/mol. The van der Waals surface area contributed by atoms with Gasteiger partial charge in [0.1, 0.15) is 12.0 Å². The number of aliphatic imine (C=N–C) groups is 2. The second-order valence-electron chi connectivity index (χ2n) is 8.34. The summed E-state index contributed by atoms with van der Waals surface area (Å²) in [6, 6.07) is 32.9. The molecule has 35 heavy (non-hydrogen) atoms. The van der Waals surface area contributed by atoms with E-state index in [1.807, 2.05) is 104 Å². The maximum absolute atomic E-state index is 9.69. The zero-order valence-corrected chi connectivity index (χ0v) is 19.3. The van der Waals surface area contributed by atoms with Gasteiger partial charge in [-0.3, -0.25) is 4.57 Å². The van der Waals surface area contributed by atoms with Gasteiger partial charge in [-0.25, -0.2) is 9.98 Å². The van der Waals surface area contributed by atoms with Crippen LogP contribution in [-0.2, 0) is 0 Å². The highest BCUT2D eigenvalue weighted by atomic mass is 16.4. The summed E-state index contributed by atoms with van der Waals surface area (Å²) in [7, 11) is -1.53. The summed E-state index contributed by atoms with van der Waals surface area (Å²) < 4.78 is 2.06. The number of nitrogens with zero attached hydrogens (tertiary/aromatic N) is 3. The molecule has 4 N–H and O–H groups in total. The molecule has 4 aromatic carbocycles. The molecule has 0 bridgehead atoms. The fourth-order valence-corrected chi connectivity index (χ4v) is 4.31. The second-order valence-corrected chi connectivity index (χ2v) is 8.34. The third-order valence-corrected chi connectivity index (χ3v) is 6.02. The van der Waals surface area contributed by atoms with Crippen molar-refractivity contribution in [2.75, 3.05) is 0 Å². The van der Waals surface area contributed by atoms with Crippen molar-refractivity contribution < 1.29 is 10.0 Å². The van der Waals surface area contributed by atoms with Crippen LogP contribution in [0, 0.1) is 0 Å². The third kappa shape index (κ3) is 4.52. The van der Waals surface area contributed by atoms with Crippen LogP contribution in [0.2, 0.25) is 0 Å². The Labute approximate surface area is 203 Å². The molecule has 0 amide bonds. The Morgan fingerprint density at radius 2 is 1.43 bits per heavy atom. The summed E-state index contributed by atoms with van der Waals surface area (Å²) >= 11 is 0. The molecule has 5 aromatic rings. The fraction of sp³-hybridized carbons (Fsp3) is 0.0714. The lowest BCUT2D eigenvalue weighted by Crippen LogP contribution is -2.29. The van der Waals surface area contributed by atoms with Gasteiger partial charge in [-0.1, -0.05) is 91.0 Å². The third-order valence-electron chi connectivity index (χ3n) is 6.02. The Kier molecular flexibility index (Phi) is 6.29. The first kappa shape index (κ1) is 22.7. The summed E-state index contributed by atoms with van der Waals surface area (Å²) in [5.41, 5.74) is 10.5. The minimum Gasteiger partial charge on any atom is -0.423 e. The highest BCUT2D eigenvalue weighted by Gasteiger charge is 2.17. The van der Waals surface area contributed by atoms with Gasteiger partial charge < -0.3 is 15.8 Å². The van der Waals surface area contributed by atoms with Crippen molar-refractivity contribution >= 4 is 46.1 Å². The lowest BCUT2D eigenvalue weighted by molar-refractivity contribution is 0.426. The normalized spacial score (nSPS) is 13.4. The van der Waals surface area contributed by atoms with Gasteiger partial charge in [0.15, 0.2) is 5.84 Å². The molecule has 0 saturated carbocycles. The number of hydrogen-bond acceptors (Lipinski definition) is 4. The first-order chi connectivity index (χ1) is 17.0. The second kappa shape index (κ2) is 9.68. The molecule has 7 heteroatoms. The first-order valence-corrected chi connectivity index (χ1v) is 11.4. The summed E-state index contributed by atoms with van der Waals surface area (Å²) in [4.78, 5) is 9.76. The molecular weight excluding hydrogens is 435 g/mol. The van der Waals surface area contributed by atoms with Crippen molar-refractivity contribution in [2.24, 2.45) is 15.7 Å². The van der Waals surface area contributed by atoms with Crippen LogP contribution in [-0.4, -0.2) is 33.4 Å². The van der Waals surface area contributed by atoms with Crippen LogP contribution in [0.15, 0.2) is 113 Å². The topological polar surface area (TPSA) is 96.1 Å². The average Bonchev–Trinajstić information content (AvgIpc) is 3.23. The van der Waals surface area contributed by atoms with E-state index in [-0.39, 0.29) is 0 Å². The fourth-order valence-electron chi connectivity index (χ4n) is 4.31. The van der Waals surface area contributed by atoms with Crippen molar-refractivity contribution in [3.05, 3.63) is 114 Å². The van der Waals surface area contributed by atoms with Gasteiger partial charge in [0.25, 0.3) is 0 Å². The van der Waals surface area contributed by atoms with Gasteiger partial charge in [0.05, 0.1) is 11.0 Å². The van der Waals surface area contributed by atoms with Crippen LogP contribution in [0.1, 0.15) is 24.2 Å². The van der Waals surface area contributed by atoms with Gasteiger partial charge in [-0.15, -0.1) is 0 Å². The SMILES string of the molecule is C/C(=N\C(=N/C(N)c1ccccc1)c1ccccc1)n1c2ccccc2c2cc(B(O)O)ccc21. The van der Waals surface area contributed by atoms with Crippen LogP contribution in [0.5, 0.6) is 0 Å². The van der Waals surface area contributed by atoms with Crippen molar-refractivity contribution in [3.8, 4) is 0 Å². The molecule has 0 radical (unpaired) electrons. The molecule has 0 aliphatic rings. The number of nitrogens with two attached hydrogens (primary N) is 1. The number of rotatable bonds is 4. The molecule has 0 aliphatic carbocycles. The van der Waals surface area contributed by atoms with E-state index in [0.717, 1.165) is 38.8 Å². The number of fused-ring (bicyclic) bond motifs is 3. The molecule has 0 spiro atoms. The van der Waals surface area contributed by atoms with E-state index < -0.39 is 13.3 Å². The summed E-state index contributed by atoms with van der Waals surface area (Å²) in [6.45, 7) is 1.94. The molecule has 5 rings (SSSR count). The Bertz CT molecular complexity index is 1540. The van der Waals surface area contributed by atoms with Crippen LogP contribution < -0.4 is 11.2 Å². The van der Waals surface area contributed by atoms with E-state index in [1.165, 1.54) is 0 Å². The first-order valence-electron chi connectivity index (χ1n) is 11.4. The zero-order chi connectivity index (χ0) is 24.4. The predicted molar refractivity (Wildman–Crippen MR) is 144 cm³/mol. The summed E-state index contributed by atoms with van der Waals surface area (Å²) in [5, 5.41) is 21.3. The lowest BCUT2D eigenvalue weighted by atomic mass is 9.80. The zero-order valence-electron chi connectivity index (χ0n) is 19.3. The minimum absolute atomic E-state index is 0.440.